The Hall–Kier alpha value is -1.30. The van der Waals surface area contributed by atoms with Crippen LogP contribution in [0.25, 0.3) is 0 Å². The van der Waals surface area contributed by atoms with Crippen LogP contribution in [0.2, 0.25) is 0 Å². The van der Waals surface area contributed by atoms with Gasteiger partial charge < -0.3 is 10.5 Å². The lowest BCUT2D eigenvalue weighted by Gasteiger charge is -2.10. The van der Waals surface area contributed by atoms with Crippen LogP contribution in [0.15, 0.2) is 12.3 Å². The van der Waals surface area contributed by atoms with E-state index >= 15 is 0 Å². The van der Waals surface area contributed by atoms with Crippen molar-refractivity contribution in [3.63, 3.8) is 0 Å². The number of hydrogen-bond acceptors (Lipinski definition) is 3. The molecule has 6 heteroatoms. The SMILES string of the molecule is Cc1cc(CN)cnc1OCC(F)(F)F. The van der Waals surface area contributed by atoms with E-state index in [-0.39, 0.29) is 5.88 Å². The molecule has 1 aromatic heterocycles. The molecule has 0 radical (unpaired) electrons. The number of halogens is 3. The van der Waals surface area contributed by atoms with Crippen molar-refractivity contribution in [3.05, 3.63) is 23.4 Å². The van der Waals surface area contributed by atoms with Gasteiger partial charge in [0, 0.05) is 18.3 Å². The number of aryl methyl sites for hydroxylation is 1. The summed E-state index contributed by atoms with van der Waals surface area (Å²) in [4.78, 5) is 3.75. The van der Waals surface area contributed by atoms with Gasteiger partial charge >= 0.3 is 6.18 Å². The van der Waals surface area contributed by atoms with Crippen molar-refractivity contribution < 1.29 is 17.9 Å². The number of pyridine rings is 1. The molecule has 0 aliphatic rings. The maximum absolute atomic E-state index is 11.8. The Kier molecular flexibility index (Phi) is 3.52. The summed E-state index contributed by atoms with van der Waals surface area (Å²) < 4.78 is 40.1. The van der Waals surface area contributed by atoms with Crippen LogP contribution in [0, 0.1) is 6.92 Å². The standard InChI is InChI=1S/C9H11F3N2O/c1-6-2-7(3-13)4-14-8(6)15-5-9(10,11)12/h2,4H,3,5,13H2,1H3. The van der Waals surface area contributed by atoms with Gasteiger partial charge in [-0.3, -0.25) is 0 Å². The second-order valence-corrected chi connectivity index (χ2v) is 3.07. The molecule has 0 amide bonds. The molecule has 84 valence electrons. The summed E-state index contributed by atoms with van der Waals surface area (Å²) in [6, 6.07) is 1.65. The second-order valence-electron chi connectivity index (χ2n) is 3.07. The Balaban J connectivity index is 2.70. The number of hydrogen-bond donors (Lipinski definition) is 1. The van der Waals surface area contributed by atoms with E-state index in [4.69, 9.17) is 5.73 Å². The van der Waals surface area contributed by atoms with Crippen LogP contribution in [-0.4, -0.2) is 17.8 Å². The van der Waals surface area contributed by atoms with E-state index in [0.717, 1.165) is 5.56 Å². The predicted molar refractivity (Wildman–Crippen MR) is 48.4 cm³/mol. The summed E-state index contributed by atoms with van der Waals surface area (Å²) in [6.07, 6.45) is -2.95. The minimum Gasteiger partial charge on any atom is -0.468 e. The van der Waals surface area contributed by atoms with Crippen molar-refractivity contribution in [2.24, 2.45) is 5.73 Å². The molecule has 1 heterocycles. The fourth-order valence-electron chi connectivity index (χ4n) is 1.03. The number of alkyl halides is 3. The average molecular weight is 220 g/mol. The highest BCUT2D eigenvalue weighted by Gasteiger charge is 2.28. The van der Waals surface area contributed by atoms with Crippen molar-refractivity contribution in [1.82, 2.24) is 4.98 Å². The van der Waals surface area contributed by atoms with Crippen molar-refractivity contribution in [2.45, 2.75) is 19.6 Å². The van der Waals surface area contributed by atoms with Crippen LogP contribution in [0.4, 0.5) is 13.2 Å². The molecule has 0 aromatic carbocycles. The van der Waals surface area contributed by atoms with Crippen molar-refractivity contribution in [3.8, 4) is 5.88 Å². The molecular weight excluding hydrogens is 209 g/mol. The van der Waals surface area contributed by atoms with Crippen molar-refractivity contribution in [1.29, 1.82) is 0 Å². The smallest absolute Gasteiger partial charge is 0.422 e. The molecule has 0 saturated heterocycles. The lowest BCUT2D eigenvalue weighted by molar-refractivity contribution is -0.154. The van der Waals surface area contributed by atoms with Gasteiger partial charge in [-0.2, -0.15) is 13.2 Å². The number of aromatic nitrogens is 1. The summed E-state index contributed by atoms with van der Waals surface area (Å²) >= 11 is 0. The lowest BCUT2D eigenvalue weighted by Crippen LogP contribution is -2.20. The number of nitrogens with two attached hydrogens (primary N) is 1. The first-order valence-electron chi connectivity index (χ1n) is 4.27. The van der Waals surface area contributed by atoms with Gasteiger partial charge in [0.1, 0.15) is 0 Å². The van der Waals surface area contributed by atoms with E-state index < -0.39 is 12.8 Å². The van der Waals surface area contributed by atoms with Gasteiger partial charge in [0.25, 0.3) is 0 Å². The predicted octanol–water partition coefficient (Wildman–Crippen LogP) is 1.79. The molecule has 3 nitrogen and oxygen atoms in total. The van der Waals surface area contributed by atoms with Crippen molar-refractivity contribution in [2.75, 3.05) is 6.61 Å². The summed E-state index contributed by atoms with van der Waals surface area (Å²) in [5.41, 5.74) is 6.65. The number of ether oxygens (including phenoxy) is 1. The topological polar surface area (TPSA) is 48.1 Å². The highest BCUT2D eigenvalue weighted by molar-refractivity contribution is 5.28. The van der Waals surface area contributed by atoms with Gasteiger partial charge in [0.15, 0.2) is 6.61 Å². The van der Waals surface area contributed by atoms with Gasteiger partial charge in [-0.1, -0.05) is 0 Å². The molecule has 0 aliphatic heterocycles. The van der Waals surface area contributed by atoms with Crippen LogP contribution in [0.3, 0.4) is 0 Å². The Labute approximate surface area is 85.1 Å². The normalized spacial score (nSPS) is 11.5. The first-order chi connectivity index (χ1) is 6.92. The molecule has 1 aromatic rings. The third-order valence-electron chi connectivity index (χ3n) is 1.70. The quantitative estimate of drug-likeness (QED) is 0.844. The molecule has 0 saturated carbocycles. The van der Waals surface area contributed by atoms with Crippen LogP contribution in [0.1, 0.15) is 11.1 Å². The highest BCUT2D eigenvalue weighted by Crippen LogP contribution is 2.20. The van der Waals surface area contributed by atoms with Crippen LogP contribution >= 0.6 is 0 Å². The second kappa shape index (κ2) is 4.48. The van der Waals surface area contributed by atoms with Gasteiger partial charge in [0.2, 0.25) is 5.88 Å². The van der Waals surface area contributed by atoms with E-state index in [0.29, 0.717) is 12.1 Å². The zero-order chi connectivity index (χ0) is 11.5. The number of rotatable bonds is 3. The first-order valence-corrected chi connectivity index (χ1v) is 4.27. The Morgan fingerprint density at radius 1 is 1.47 bits per heavy atom. The molecule has 2 N–H and O–H groups in total. The molecule has 15 heavy (non-hydrogen) atoms. The summed E-state index contributed by atoms with van der Waals surface area (Å²) in [7, 11) is 0. The van der Waals surface area contributed by atoms with E-state index in [1.54, 1.807) is 13.0 Å². The summed E-state index contributed by atoms with van der Waals surface area (Å²) in [5, 5.41) is 0. The van der Waals surface area contributed by atoms with Gasteiger partial charge in [-0.05, 0) is 18.6 Å². The van der Waals surface area contributed by atoms with E-state index in [1.165, 1.54) is 6.20 Å². The third-order valence-corrected chi connectivity index (χ3v) is 1.70. The Morgan fingerprint density at radius 3 is 2.60 bits per heavy atom. The maximum Gasteiger partial charge on any atom is 0.422 e. The fourth-order valence-corrected chi connectivity index (χ4v) is 1.03. The highest BCUT2D eigenvalue weighted by atomic mass is 19.4. The third kappa shape index (κ3) is 3.75. The first kappa shape index (κ1) is 11.8. The minimum atomic E-state index is -4.35. The van der Waals surface area contributed by atoms with Crippen LogP contribution in [-0.2, 0) is 6.54 Å². The molecule has 0 spiro atoms. The van der Waals surface area contributed by atoms with Crippen LogP contribution in [0.5, 0.6) is 5.88 Å². The molecule has 0 aliphatic carbocycles. The van der Waals surface area contributed by atoms with E-state index in [2.05, 4.69) is 9.72 Å². The zero-order valence-corrected chi connectivity index (χ0v) is 8.14. The Morgan fingerprint density at radius 2 is 2.13 bits per heavy atom. The molecular formula is C9H11F3N2O. The van der Waals surface area contributed by atoms with E-state index in [1.807, 2.05) is 0 Å². The van der Waals surface area contributed by atoms with Gasteiger partial charge in [-0.15, -0.1) is 0 Å². The summed E-state index contributed by atoms with van der Waals surface area (Å²) in [6.45, 7) is 0.591. The Bertz CT molecular complexity index is 339. The van der Waals surface area contributed by atoms with Crippen molar-refractivity contribution >= 4 is 0 Å². The summed E-state index contributed by atoms with van der Waals surface area (Å²) in [5.74, 6) is -0.00970. The zero-order valence-electron chi connectivity index (χ0n) is 8.14. The minimum absolute atomic E-state index is 0.00970. The van der Waals surface area contributed by atoms with Gasteiger partial charge in [0.05, 0.1) is 0 Å². The molecule has 0 fully saturated rings. The molecule has 0 bridgehead atoms. The maximum atomic E-state index is 11.8. The molecule has 1 rings (SSSR count). The fraction of sp³-hybridized carbons (Fsp3) is 0.444. The number of nitrogens with zero attached hydrogens (tertiary/aromatic N) is 1. The lowest BCUT2D eigenvalue weighted by atomic mass is 10.2. The molecule has 0 atom stereocenters. The van der Waals surface area contributed by atoms with E-state index in [9.17, 15) is 13.2 Å². The molecule has 0 unspecified atom stereocenters. The van der Waals surface area contributed by atoms with Crippen LogP contribution < -0.4 is 10.5 Å². The average Bonchev–Trinajstić information content (AvgIpc) is 2.14. The monoisotopic (exact) mass is 220 g/mol. The largest absolute Gasteiger partial charge is 0.468 e. The van der Waals surface area contributed by atoms with Gasteiger partial charge in [-0.25, -0.2) is 4.98 Å².